The number of sulfone groups is 1. The summed E-state index contributed by atoms with van der Waals surface area (Å²) in [6.07, 6.45) is 2.29. The standard InChI is InChI=1S/C23H25FN4O6S/c1-12(2)19-20(26-13(3)29)15(14-7-8-25-18(9-14)34-6)10-16(24)21(19)35(32,33)17-11-27(4)23(31)28(5)22(17)30/h7-12H,1-6H3,(H,26,29). The van der Waals surface area contributed by atoms with Crippen LogP contribution in [0.2, 0.25) is 0 Å². The molecule has 2 aromatic heterocycles. The Morgan fingerprint density at radius 2 is 1.86 bits per heavy atom. The number of halogens is 1. The van der Waals surface area contributed by atoms with E-state index >= 15 is 4.39 Å². The van der Waals surface area contributed by atoms with Crippen molar-refractivity contribution in [3.05, 3.63) is 62.8 Å². The normalized spacial score (nSPS) is 11.5. The topological polar surface area (TPSA) is 129 Å². The Morgan fingerprint density at radius 1 is 1.20 bits per heavy atom. The number of anilines is 1. The predicted molar refractivity (Wildman–Crippen MR) is 127 cm³/mol. The Balaban J connectivity index is 2.48. The van der Waals surface area contributed by atoms with Crippen LogP contribution in [0.5, 0.6) is 5.88 Å². The van der Waals surface area contributed by atoms with E-state index in [0.29, 0.717) is 10.1 Å². The minimum atomic E-state index is -4.76. The van der Waals surface area contributed by atoms with Gasteiger partial charge in [0, 0.05) is 50.6 Å². The van der Waals surface area contributed by atoms with E-state index in [4.69, 9.17) is 4.74 Å². The molecule has 0 saturated heterocycles. The van der Waals surface area contributed by atoms with Gasteiger partial charge in [-0.25, -0.2) is 22.6 Å². The van der Waals surface area contributed by atoms with Crippen LogP contribution in [0, 0.1) is 5.82 Å². The Kier molecular flexibility index (Phi) is 6.97. The second-order valence-electron chi connectivity index (χ2n) is 8.20. The maximum atomic E-state index is 15.7. The molecule has 10 nitrogen and oxygen atoms in total. The number of ether oxygens (including phenoxy) is 1. The third-order valence-electron chi connectivity index (χ3n) is 5.38. The summed E-state index contributed by atoms with van der Waals surface area (Å²) in [6.45, 7) is 4.50. The zero-order valence-corrected chi connectivity index (χ0v) is 20.9. The lowest BCUT2D eigenvalue weighted by molar-refractivity contribution is -0.114. The van der Waals surface area contributed by atoms with E-state index < -0.39 is 48.5 Å². The second-order valence-corrected chi connectivity index (χ2v) is 10.1. The van der Waals surface area contributed by atoms with Crippen molar-refractivity contribution in [2.45, 2.75) is 36.5 Å². The van der Waals surface area contributed by atoms with E-state index in [2.05, 4.69) is 10.3 Å². The minimum absolute atomic E-state index is 0.0260. The van der Waals surface area contributed by atoms with Gasteiger partial charge < -0.3 is 14.6 Å². The summed E-state index contributed by atoms with van der Waals surface area (Å²) in [5, 5.41) is 2.63. The smallest absolute Gasteiger partial charge is 0.330 e. The van der Waals surface area contributed by atoms with E-state index in [1.165, 1.54) is 33.3 Å². The van der Waals surface area contributed by atoms with Crippen LogP contribution in [-0.4, -0.2) is 35.6 Å². The molecule has 3 rings (SSSR count). The highest BCUT2D eigenvalue weighted by atomic mass is 32.2. The molecular weight excluding hydrogens is 479 g/mol. The molecule has 0 saturated carbocycles. The number of nitrogens with zero attached hydrogens (tertiary/aromatic N) is 3. The third kappa shape index (κ3) is 4.61. The number of methoxy groups -OCH3 is 1. The molecule has 0 aliphatic heterocycles. The van der Waals surface area contributed by atoms with Crippen molar-refractivity contribution in [1.29, 1.82) is 0 Å². The fraction of sp³-hybridized carbons (Fsp3) is 0.304. The molecular formula is C23H25FN4O6S. The summed E-state index contributed by atoms with van der Waals surface area (Å²) >= 11 is 0. The molecule has 12 heteroatoms. The van der Waals surface area contributed by atoms with Crippen molar-refractivity contribution < 1.29 is 22.3 Å². The van der Waals surface area contributed by atoms with Crippen LogP contribution >= 0.6 is 0 Å². The molecule has 1 aromatic carbocycles. The van der Waals surface area contributed by atoms with Crippen molar-refractivity contribution >= 4 is 21.4 Å². The van der Waals surface area contributed by atoms with Gasteiger partial charge in [-0.05, 0) is 23.6 Å². The molecule has 0 spiro atoms. The largest absolute Gasteiger partial charge is 0.481 e. The molecule has 0 aliphatic carbocycles. The number of pyridine rings is 1. The van der Waals surface area contributed by atoms with Crippen molar-refractivity contribution in [2.24, 2.45) is 14.1 Å². The van der Waals surface area contributed by atoms with Gasteiger partial charge in [0.1, 0.15) is 10.7 Å². The van der Waals surface area contributed by atoms with Crippen LogP contribution in [0.25, 0.3) is 11.1 Å². The van der Waals surface area contributed by atoms with Crippen LogP contribution in [0.15, 0.2) is 50.0 Å². The van der Waals surface area contributed by atoms with Gasteiger partial charge in [-0.15, -0.1) is 0 Å². The lowest BCUT2D eigenvalue weighted by atomic mass is 9.94. The molecule has 1 amide bonds. The Morgan fingerprint density at radius 3 is 2.43 bits per heavy atom. The predicted octanol–water partition coefficient (Wildman–Crippen LogP) is 2.21. The Bertz CT molecular complexity index is 1560. The third-order valence-corrected chi connectivity index (χ3v) is 7.19. The molecule has 186 valence electrons. The summed E-state index contributed by atoms with van der Waals surface area (Å²) in [7, 11) is -0.945. The number of aryl methyl sites for hydroxylation is 1. The highest BCUT2D eigenvalue weighted by molar-refractivity contribution is 7.91. The molecule has 35 heavy (non-hydrogen) atoms. The number of amides is 1. The summed E-state index contributed by atoms with van der Waals surface area (Å²) in [6, 6.07) is 4.05. The lowest BCUT2D eigenvalue weighted by Crippen LogP contribution is -2.39. The summed E-state index contributed by atoms with van der Waals surface area (Å²) in [5.74, 6) is -2.00. The maximum Gasteiger partial charge on any atom is 0.330 e. The molecule has 0 unspecified atom stereocenters. The zero-order valence-electron chi connectivity index (χ0n) is 20.0. The quantitative estimate of drug-likeness (QED) is 0.545. The molecule has 0 aliphatic rings. The van der Waals surface area contributed by atoms with Gasteiger partial charge in [0.25, 0.3) is 5.56 Å². The molecule has 0 atom stereocenters. The first kappa shape index (κ1) is 25.8. The highest BCUT2D eigenvalue weighted by Crippen LogP contribution is 2.42. The van der Waals surface area contributed by atoms with Gasteiger partial charge in [-0.3, -0.25) is 14.2 Å². The number of carbonyl (C=O) groups is 1. The van der Waals surface area contributed by atoms with Gasteiger partial charge >= 0.3 is 5.69 Å². The van der Waals surface area contributed by atoms with Gasteiger partial charge in [-0.2, -0.15) is 0 Å². The van der Waals surface area contributed by atoms with E-state index in [1.54, 1.807) is 19.9 Å². The molecule has 0 fully saturated rings. The average molecular weight is 505 g/mol. The number of nitrogens with one attached hydrogen (secondary N) is 1. The van der Waals surface area contributed by atoms with Gasteiger partial charge in [0.2, 0.25) is 21.6 Å². The lowest BCUT2D eigenvalue weighted by Gasteiger charge is -2.22. The van der Waals surface area contributed by atoms with E-state index in [-0.39, 0.29) is 22.7 Å². The number of carbonyl (C=O) groups excluding carboxylic acids is 1. The number of rotatable bonds is 6. The number of aromatic nitrogens is 3. The number of hydrogen-bond donors (Lipinski definition) is 1. The van der Waals surface area contributed by atoms with E-state index in [1.807, 2.05) is 0 Å². The van der Waals surface area contributed by atoms with Crippen LogP contribution in [0.4, 0.5) is 10.1 Å². The van der Waals surface area contributed by atoms with Gasteiger partial charge in [0.15, 0.2) is 4.90 Å². The SMILES string of the molecule is COc1cc(-c2cc(F)c(S(=O)(=O)c3cn(C)c(=O)n(C)c3=O)c(C(C)C)c2NC(C)=O)ccn1. The zero-order chi connectivity index (χ0) is 26.2. The van der Waals surface area contributed by atoms with Gasteiger partial charge in [-0.1, -0.05) is 13.8 Å². The number of benzene rings is 1. The van der Waals surface area contributed by atoms with Crippen molar-refractivity contribution in [1.82, 2.24) is 14.1 Å². The first-order valence-electron chi connectivity index (χ1n) is 10.5. The second kappa shape index (κ2) is 9.45. The molecule has 0 radical (unpaired) electrons. The van der Waals surface area contributed by atoms with Crippen LogP contribution in [0.1, 0.15) is 32.3 Å². The van der Waals surface area contributed by atoms with E-state index in [0.717, 1.165) is 23.9 Å². The first-order valence-corrected chi connectivity index (χ1v) is 12.0. The molecule has 0 bridgehead atoms. The highest BCUT2D eigenvalue weighted by Gasteiger charge is 2.34. The average Bonchev–Trinajstić information content (AvgIpc) is 2.79. The Hall–Kier alpha value is -3.80. The monoisotopic (exact) mass is 504 g/mol. The fourth-order valence-electron chi connectivity index (χ4n) is 3.77. The van der Waals surface area contributed by atoms with Crippen LogP contribution < -0.4 is 21.3 Å². The minimum Gasteiger partial charge on any atom is -0.481 e. The first-order chi connectivity index (χ1) is 16.3. The molecule has 1 N–H and O–H groups in total. The summed E-state index contributed by atoms with van der Waals surface area (Å²) in [5.41, 5.74) is -1.16. The summed E-state index contributed by atoms with van der Waals surface area (Å²) < 4.78 is 49.8. The fourth-order valence-corrected chi connectivity index (χ4v) is 5.60. The van der Waals surface area contributed by atoms with Gasteiger partial charge in [0.05, 0.1) is 12.8 Å². The van der Waals surface area contributed by atoms with Crippen LogP contribution in [-0.2, 0) is 28.7 Å². The number of hydrogen-bond acceptors (Lipinski definition) is 7. The molecule has 3 aromatic rings. The van der Waals surface area contributed by atoms with Crippen molar-refractivity contribution in [3.8, 4) is 17.0 Å². The van der Waals surface area contributed by atoms with E-state index in [9.17, 15) is 22.8 Å². The van der Waals surface area contributed by atoms with Crippen LogP contribution in [0.3, 0.4) is 0 Å². The Labute approximate surface area is 200 Å². The van der Waals surface area contributed by atoms with Crippen molar-refractivity contribution in [3.63, 3.8) is 0 Å². The van der Waals surface area contributed by atoms with Crippen molar-refractivity contribution in [2.75, 3.05) is 12.4 Å². The maximum absolute atomic E-state index is 15.7. The summed E-state index contributed by atoms with van der Waals surface area (Å²) in [4.78, 5) is 39.4. The molecule has 2 heterocycles.